The van der Waals surface area contributed by atoms with Gasteiger partial charge in [-0.3, -0.25) is 4.79 Å². The van der Waals surface area contributed by atoms with Crippen molar-refractivity contribution in [3.8, 4) is 5.75 Å². The summed E-state index contributed by atoms with van der Waals surface area (Å²) in [5.41, 5.74) is 0.730. The number of rotatable bonds is 7. The van der Waals surface area contributed by atoms with E-state index in [4.69, 9.17) is 9.26 Å². The van der Waals surface area contributed by atoms with Crippen LogP contribution in [0.4, 0.5) is 0 Å². The summed E-state index contributed by atoms with van der Waals surface area (Å²) < 4.78 is 10.5. The third-order valence-corrected chi connectivity index (χ3v) is 3.13. The van der Waals surface area contributed by atoms with Crippen LogP contribution < -0.4 is 10.1 Å². The molecular formula is C16H20N2O3. The molecule has 1 amide bonds. The van der Waals surface area contributed by atoms with Crippen molar-refractivity contribution in [1.29, 1.82) is 0 Å². The van der Waals surface area contributed by atoms with Crippen LogP contribution in [0.3, 0.4) is 0 Å². The zero-order valence-electron chi connectivity index (χ0n) is 12.3. The number of ether oxygens (including phenoxy) is 1. The van der Waals surface area contributed by atoms with E-state index in [1.165, 1.54) is 0 Å². The SMILES string of the molecule is Cc1cc(CNC(=O)[C@@H](C)CCOc2ccccc2)no1. The van der Waals surface area contributed by atoms with Crippen molar-refractivity contribution < 1.29 is 14.1 Å². The van der Waals surface area contributed by atoms with E-state index in [2.05, 4.69) is 10.5 Å². The molecule has 0 saturated carbocycles. The minimum absolute atomic E-state index is 0.00712. The Hall–Kier alpha value is -2.30. The lowest BCUT2D eigenvalue weighted by Crippen LogP contribution is -2.29. The lowest BCUT2D eigenvalue weighted by Gasteiger charge is -2.12. The molecule has 0 spiro atoms. The highest BCUT2D eigenvalue weighted by atomic mass is 16.5. The first-order valence-electron chi connectivity index (χ1n) is 7.03. The molecule has 2 aromatic rings. The maximum atomic E-state index is 11.9. The fourth-order valence-corrected chi connectivity index (χ4v) is 1.85. The standard InChI is InChI=1S/C16H20N2O3/c1-12(8-9-20-15-6-4-3-5-7-15)16(19)17-11-14-10-13(2)21-18-14/h3-7,10,12H,8-9,11H2,1-2H3,(H,17,19)/t12-/m0/s1. The highest BCUT2D eigenvalue weighted by Gasteiger charge is 2.13. The molecule has 1 aromatic heterocycles. The molecule has 0 bridgehead atoms. The van der Waals surface area contributed by atoms with Gasteiger partial charge >= 0.3 is 0 Å². The largest absolute Gasteiger partial charge is 0.494 e. The van der Waals surface area contributed by atoms with Crippen molar-refractivity contribution in [2.75, 3.05) is 6.61 Å². The number of benzene rings is 1. The van der Waals surface area contributed by atoms with Crippen LogP contribution in [0.5, 0.6) is 5.75 Å². The molecule has 0 radical (unpaired) electrons. The minimum Gasteiger partial charge on any atom is -0.494 e. The van der Waals surface area contributed by atoms with Crippen LogP contribution in [0.1, 0.15) is 24.8 Å². The molecule has 0 aliphatic heterocycles. The lowest BCUT2D eigenvalue weighted by atomic mass is 10.1. The molecular weight excluding hydrogens is 268 g/mol. The summed E-state index contributed by atoms with van der Waals surface area (Å²) in [5.74, 6) is 1.45. The second-order valence-electron chi connectivity index (χ2n) is 5.00. The number of nitrogens with one attached hydrogen (secondary N) is 1. The molecule has 5 nitrogen and oxygen atoms in total. The molecule has 1 heterocycles. The number of nitrogens with zero attached hydrogens (tertiary/aromatic N) is 1. The third-order valence-electron chi connectivity index (χ3n) is 3.13. The van der Waals surface area contributed by atoms with Crippen LogP contribution in [0.2, 0.25) is 0 Å². The summed E-state index contributed by atoms with van der Waals surface area (Å²) in [4.78, 5) is 11.9. The highest BCUT2D eigenvalue weighted by molar-refractivity contribution is 5.78. The third kappa shape index (κ3) is 4.95. The number of carbonyl (C=O) groups is 1. The van der Waals surface area contributed by atoms with Crippen LogP contribution in [-0.4, -0.2) is 17.7 Å². The second-order valence-corrected chi connectivity index (χ2v) is 5.00. The van der Waals surface area contributed by atoms with Gasteiger partial charge in [0, 0.05) is 12.0 Å². The van der Waals surface area contributed by atoms with Crippen molar-refractivity contribution in [3.63, 3.8) is 0 Å². The topological polar surface area (TPSA) is 64.4 Å². The van der Waals surface area contributed by atoms with E-state index in [1.54, 1.807) is 0 Å². The Balaban J connectivity index is 1.67. The number of para-hydroxylation sites is 1. The first kappa shape index (κ1) is 15.1. The Morgan fingerprint density at radius 3 is 2.81 bits per heavy atom. The summed E-state index contributed by atoms with van der Waals surface area (Å²) in [6, 6.07) is 11.4. The fourth-order valence-electron chi connectivity index (χ4n) is 1.85. The average molecular weight is 288 g/mol. The maximum absolute atomic E-state index is 11.9. The summed E-state index contributed by atoms with van der Waals surface area (Å²) in [6.45, 7) is 4.61. The predicted molar refractivity (Wildman–Crippen MR) is 78.8 cm³/mol. The minimum atomic E-state index is -0.110. The Morgan fingerprint density at radius 1 is 1.38 bits per heavy atom. The van der Waals surface area contributed by atoms with Crippen molar-refractivity contribution >= 4 is 5.91 Å². The monoisotopic (exact) mass is 288 g/mol. The molecule has 21 heavy (non-hydrogen) atoms. The van der Waals surface area contributed by atoms with Gasteiger partial charge in [-0.2, -0.15) is 0 Å². The van der Waals surface area contributed by atoms with Crippen molar-refractivity contribution in [2.45, 2.75) is 26.8 Å². The van der Waals surface area contributed by atoms with E-state index >= 15 is 0 Å². The predicted octanol–water partition coefficient (Wildman–Crippen LogP) is 2.70. The van der Waals surface area contributed by atoms with E-state index in [0.29, 0.717) is 19.6 Å². The van der Waals surface area contributed by atoms with Crippen molar-refractivity contribution in [2.24, 2.45) is 5.92 Å². The zero-order chi connectivity index (χ0) is 15.1. The van der Waals surface area contributed by atoms with Crippen LogP contribution in [0.15, 0.2) is 40.9 Å². The van der Waals surface area contributed by atoms with Crippen LogP contribution in [0, 0.1) is 12.8 Å². The van der Waals surface area contributed by atoms with E-state index in [0.717, 1.165) is 17.2 Å². The number of aryl methyl sites for hydroxylation is 1. The first-order chi connectivity index (χ1) is 10.1. The van der Waals surface area contributed by atoms with E-state index in [-0.39, 0.29) is 11.8 Å². The molecule has 0 aliphatic carbocycles. The van der Waals surface area contributed by atoms with Gasteiger partial charge in [-0.05, 0) is 25.5 Å². The van der Waals surface area contributed by atoms with Gasteiger partial charge in [0.1, 0.15) is 17.2 Å². The van der Waals surface area contributed by atoms with Crippen molar-refractivity contribution in [1.82, 2.24) is 10.5 Å². The molecule has 2 rings (SSSR count). The van der Waals surface area contributed by atoms with Gasteiger partial charge in [-0.25, -0.2) is 0 Å². The number of hydrogen-bond acceptors (Lipinski definition) is 4. The summed E-state index contributed by atoms with van der Waals surface area (Å²) in [6.07, 6.45) is 0.665. The average Bonchev–Trinajstić information content (AvgIpc) is 2.91. The Bertz CT molecular complexity index is 566. The van der Waals surface area contributed by atoms with Gasteiger partial charge in [0.2, 0.25) is 5.91 Å². The quantitative estimate of drug-likeness (QED) is 0.850. The number of amides is 1. The molecule has 1 aromatic carbocycles. The van der Waals surface area contributed by atoms with Gasteiger partial charge in [-0.1, -0.05) is 30.3 Å². The number of hydrogen-bond donors (Lipinski definition) is 1. The van der Waals surface area contributed by atoms with Gasteiger partial charge in [0.05, 0.1) is 13.2 Å². The molecule has 0 fully saturated rings. The Morgan fingerprint density at radius 2 is 2.14 bits per heavy atom. The van der Waals surface area contributed by atoms with Gasteiger partial charge in [0.25, 0.3) is 0 Å². The van der Waals surface area contributed by atoms with E-state index in [9.17, 15) is 4.79 Å². The Kier molecular flexibility index (Phi) is 5.37. The second kappa shape index (κ2) is 7.47. The fraction of sp³-hybridized carbons (Fsp3) is 0.375. The Labute approximate surface area is 124 Å². The van der Waals surface area contributed by atoms with Gasteiger partial charge in [-0.15, -0.1) is 0 Å². The molecule has 112 valence electrons. The van der Waals surface area contributed by atoms with Crippen LogP contribution >= 0.6 is 0 Å². The normalized spacial score (nSPS) is 11.9. The lowest BCUT2D eigenvalue weighted by molar-refractivity contribution is -0.125. The smallest absolute Gasteiger partial charge is 0.223 e. The summed E-state index contributed by atoms with van der Waals surface area (Å²) in [5, 5.41) is 6.68. The van der Waals surface area contributed by atoms with Crippen LogP contribution in [0.25, 0.3) is 0 Å². The van der Waals surface area contributed by atoms with E-state index < -0.39 is 0 Å². The molecule has 0 aliphatic rings. The molecule has 0 unspecified atom stereocenters. The highest BCUT2D eigenvalue weighted by Crippen LogP contribution is 2.10. The molecule has 0 saturated heterocycles. The van der Waals surface area contributed by atoms with Crippen LogP contribution in [-0.2, 0) is 11.3 Å². The molecule has 1 N–H and O–H groups in total. The molecule has 5 heteroatoms. The van der Waals surface area contributed by atoms with Crippen molar-refractivity contribution in [3.05, 3.63) is 47.9 Å². The zero-order valence-corrected chi connectivity index (χ0v) is 12.3. The number of carbonyl (C=O) groups excluding carboxylic acids is 1. The number of aromatic nitrogens is 1. The van der Waals surface area contributed by atoms with Gasteiger partial charge in [0.15, 0.2) is 0 Å². The van der Waals surface area contributed by atoms with Gasteiger partial charge < -0.3 is 14.6 Å². The maximum Gasteiger partial charge on any atom is 0.223 e. The van der Waals surface area contributed by atoms with E-state index in [1.807, 2.05) is 50.2 Å². The summed E-state index contributed by atoms with van der Waals surface area (Å²) >= 11 is 0. The first-order valence-corrected chi connectivity index (χ1v) is 7.03. The molecule has 1 atom stereocenters. The summed E-state index contributed by atoms with van der Waals surface area (Å²) in [7, 11) is 0.